The van der Waals surface area contributed by atoms with Gasteiger partial charge in [0.05, 0.1) is 12.2 Å². The van der Waals surface area contributed by atoms with Gasteiger partial charge in [-0.1, -0.05) is 34.0 Å². The molecule has 134 valence electrons. The van der Waals surface area contributed by atoms with E-state index in [4.69, 9.17) is 15.9 Å². The molecule has 4 nitrogen and oxygen atoms in total. The van der Waals surface area contributed by atoms with Gasteiger partial charge in [-0.15, -0.1) is 6.42 Å². The number of nitrogens with zero attached hydrogens (tertiary/aromatic N) is 1. The molecule has 0 radical (unpaired) electrons. The molecule has 1 heterocycles. The number of anilines is 1. The molecule has 0 aromatic heterocycles. The molecule has 0 unspecified atom stereocenters. The van der Waals surface area contributed by atoms with E-state index in [9.17, 15) is 18.0 Å². The summed E-state index contributed by atoms with van der Waals surface area (Å²) in [6.45, 7) is -0.329. The molecule has 0 bridgehead atoms. The van der Waals surface area contributed by atoms with Gasteiger partial charge in [0, 0.05) is 10.0 Å². The molecule has 0 aliphatic carbocycles. The molecule has 0 N–H and O–H groups in total. The van der Waals surface area contributed by atoms with Crippen molar-refractivity contribution in [1.82, 2.24) is 0 Å². The molecule has 2 aromatic rings. The molecule has 1 amide bonds. The number of carbonyl (C=O) groups excluding carboxylic acids is 1. The monoisotopic (exact) mass is 425 g/mol. The van der Waals surface area contributed by atoms with Crippen LogP contribution in [0.3, 0.4) is 0 Å². The first kappa shape index (κ1) is 18.1. The first-order valence-electron chi connectivity index (χ1n) is 7.33. The van der Waals surface area contributed by atoms with Crippen LogP contribution in [-0.4, -0.2) is 18.9 Å². The number of rotatable bonds is 3. The summed E-state index contributed by atoms with van der Waals surface area (Å²) in [4.78, 5) is 12.7. The number of hydrogen-bond donors (Lipinski definition) is 0. The van der Waals surface area contributed by atoms with Gasteiger partial charge in [0.15, 0.2) is 11.5 Å². The Morgan fingerprint density at radius 1 is 1.23 bits per heavy atom. The van der Waals surface area contributed by atoms with Crippen molar-refractivity contribution in [2.75, 3.05) is 11.7 Å². The number of terminal acetylenes is 1. The molecule has 1 aliphatic rings. The summed E-state index contributed by atoms with van der Waals surface area (Å²) >= 11 is 3.29. The van der Waals surface area contributed by atoms with Gasteiger partial charge in [0.1, 0.15) is 0 Å². The SMILES string of the molecule is C#Cc1ccccc1N(Cc1cc2c(cc1Br)OCO2)C(=O)C(F)(F)F. The minimum Gasteiger partial charge on any atom is -0.454 e. The number of carbonyl (C=O) groups is 1. The number of amides is 1. The third-order valence-electron chi connectivity index (χ3n) is 3.71. The third-order valence-corrected chi connectivity index (χ3v) is 4.45. The molecule has 0 fully saturated rings. The summed E-state index contributed by atoms with van der Waals surface area (Å²) in [6.07, 6.45) is 0.329. The standard InChI is InChI=1S/C18H11BrF3NO3/c1-2-11-5-3-4-6-14(11)23(17(24)18(20,21)22)9-12-7-15-16(8-13(12)19)26-10-25-15/h1,3-8H,9-10H2. The van der Waals surface area contributed by atoms with Gasteiger partial charge in [0.2, 0.25) is 6.79 Å². The highest BCUT2D eigenvalue weighted by Crippen LogP contribution is 2.38. The van der Waals surface area contributed by atoms with Crippen LogP contribution >= 0.6 is 15.9 Å². The van der Waals surface area contributed by atoms with Crippen molar-refractivity contribution in [1.29, 1.82) is 0 Å². The van der Waals surface area contributed by atoms with Crippen LogP contribution in [0.2, 0.25) is 0 Å². The van der Waals surface area contributed by atoms with E-state index in [-0.39, 0.29) is 24.6 Å². The normalized spacial score (nSPS) is 12.6. The maximum atomic E-state index is 13.1. The number of para-hydroxylation sites is 1. The fourth-order valence-electron chi connectivity index (χ4n) is 2.50. The Hall–Kier alpha value is -2.66. The second-order valence-corrected chi connectivity index (χ2v) is 6.20. The summed E-state index contributed by atoms with van der Waals surface area (Å²) in [5, 5.41) is 0. The zero-order valence-corrected chi connectivity index (χ0v) is 14.7. The average Bonchev–Trinajstić information content (AvgIpc) is 3.05. The first-order chi connectivity index (χ1) is 12.3. The van der Waals surface area contributed by atoms with Crippen molar-refractivity contribution in [3.05, 3.63) is 52.0 Å². The predicted octanol–water partition coefficient (Wildman–Crippen LogP) is 4.25. The van der Waals surface area contributed by atoms with Gasteiger partial charge in [-0.05, 0) is 29.8 Å². The Morgan fingerprint density at radius 2 is 1.88 bits per heavy atom. The first-order valence-corrected chi connectivity index (χ1v) is 8.13. The van der Waals surface area contributed by atoms with Gasteiger partial charge >= 0.3 is 12.1 Å². The maximum Gasteiger partial charge on any atom is 0.471 e. The smallest absolute Gasteiger partial charge is 0.454 e. The fourth-order valence-corrected chi connectivity index (χ4v) is 2.95. The Labute approximate surface area is 155 Å². The number of fused-ring (bicyclic) bond motifs is 1. The number of hydrogen-bond acceptors (Lipinski definition) is 3. The van der Waals surface area contributed by atoms with E-state index in [1.165, 1.54) is 24.3 Å². The highest BCUT2D eigenvalue weighted by molar-refractivity contribution is 9.10. The summed E-state index contributed by atoms with van der Waals surface area (Å²) in [5.41, 5.74) is 0.600. The van der Waals surface area contributed by atoms with Crippen LogP contribution in [0.4, 0.5) is 18.9 Å². The lowest BCUT2D eigenvalue weighted by Gasteiger charge is -2.25. The molecule has 0 saturated carbocycles. The Balaban J connectivity index is 2.05. The Morgan fingerprint density at radius 3 is 2.54 bits per heavy atom. The van der Waals surface area contributed by atoms with Crippen molar-refractivity contribution in [2.45, 2.75) is 12.7 Å². The highest BCUT2D eigenvalue weighted by atomic mass is 79.9. The van der Waals surface area contributed by atoms with Gasteiger partial charge in [-0.2, -0.15) is 13.2 Å². The topological polar surface area (TPSA) is 38.8 Å². The fraction of sp³-hybridized carbons (Fsp3) is 0.167. The molecule has 0 spiro atoms. The van der Waals surface area contributed by atoms with E-state index >= 15 is 0 Å². The van der Waals surface area contributed by atoms with Crippen LogP contribution < -0.4 is 14.4 Å². The molecule has 8 heteroatoms. The quantitative estimate of drug-likeness (QED) is 0.689. The van der Waals surface area contributed by atoms with Crippen LogP contribution in [-0.2, 0) is 11.3 Å². The zero-order valence-electron chi connectivity index (χ0n) is 13.1. The van der Waals surface area contributed by atoms with Crippen LogP contribution in [0.15, 0.2) is 40.9 Å². The van der Waals surface area contributed by atoms with Gasteiger partial charge in [0.25, 0.3) is 0 Å². The van der Waals surface area contributed by atoms with E-state index in [1.807, 2.05) is 0 Å². The Bertz CT molecular complexity index is 906. The van der Waals surface area contributed by atoms with Gasteiger partial charge < -0.3 is 9.47 Å². The summed E-state index contributed by atoms with van der Waals surface area (Å²) in [5.74, 6) is 1.16. The molecule has 0 saturated heterocycles. The number of alkyl halides is 3. The van der Waals surface area contributed by atoms with E-state index in [0.29, 0.717) is 26.4 Å². The Kier molecular flexibility index (Phi) is 4.83. The van der Waals surface area contributed by atoms with Crippen molar-refractivity contribution in [2.24, 2.45) is 0 Å². The second-order valence-electron chi connectivity index (χ2n) is 5.35. The predicted molar refractivity (Wildman–Crippen MR) is 91.9 cm³/mol. The summed E-state index contributed by atoms with van der Waals surface area (Å²) in [7, 11) is 0. The average molecular weight is 426 g/mol. The number of benzene rings is 2. The van der Waals surface area contributed by atoms with Gasteiger partial charge in [-0.3, -0.25) is 9.69 Å². The van der Waals surface area contributed by atoms with Crippen molar-refractivity contribution >= 4 is 27.5 Å². The maximum absolute atomic E-state index is 13.1. The summed E-state index contributed by atoms with van der Waals surface area (Å²) < 4.78 is 50.4. The zero-order chi connectivity index (χ0) is 18.9. The van der Waals surface area contributed by atoms with Crippen molar-refractivity contribution < 1.29 is 27.4 Å². The lowest BCUT2D eigenvalue weighted by atomic mass is 10.1. The van der Waals surface area contributed by atoms with Crippen LogP contribution in [0, 0.1) is 12.3 Å². The van der Waals surface area contributed by atoms with Gasteiger partial charge in [-0.25, -0.2) is 0 Å². The molecular formula is C18H11BrF3NO3. The minimum atomic E-state index is -5.05. The highest BCUT2D eigenvalue weighted by Gasteiger charge is 2.43. The van der Waals surface area contributed by atoms with Crippen molar-refractivity contribution in [3.63, 3.8) is 0 Å². The van der Waals surface area contributed by atoms with Crippen LogP contribution in [0.5, 0.6) is 11.5 Å². The van der Waals surface area contributed by atoms with Crippen LogP contribution in [0.1, 0.15) is 11.1 Å². The van der Waals surface area contributed by atoms with Crippen molar-refractivity contribution in [3.8, 4) is 23.8 Å². The lowest BCUT2D eigenvalue weighted by Crippen LogP contribution is -2.41. The molecular weight excluding hydrogens is 415 g/mol. The molecule has 2 aromatic carbocycles. The molecule has 26 heavy (non-hydrogen) atoms. The molecule has 1 aliphatic heterocycles. The second kappa shape index (κ2) is 6.92. The minimum absolute atomic E-state index is 0.00175. The largest absolute Gasteiger partial charge is 0.471 e. The van der Waals surface area contributed by atoms with E-state index < -0.39 is 12.1 Å². The van der Waals surface area contributed by atoms with E-state index in [0.717, 1.165) is 0 Å². The molecule has 0 atom stereocenters. The number of halogens is 4. The van der Waals surface area contributed by atoms with E-state index in [1.54, 1.807) is 12.1 Å². The summed E-state index contributed by atoms with van der Waals surface area (Å²) in [6, 6.07) is 9.07. The van der Waals surface area contributed by atoms with Crippen LogP contribution in [0.25, 0.3) is 0 Å². The third kappa shape index (κ3) is 3.48. The molecule has 3 rings (SSSR count). The number of ether oxygens (including phenoxy) is 2. The van der Waals surface area contributed by atoms with E-state index in [2.05, 4.69) is 21.9 Å². The lowest BCUT2D eigenvalue weighted by molar-refractivity contribution is -0.170.